The Morgan fingerprint density at radius 3 is 2.40 bits per heavy atom. The molecular weight excluding hydrogens is 302 g/mol. The predicted octanol–water partition coefficient (Wildman–Crippen LogP) is 6.10. The van der Waals surface area contributed by atoms with E-state index in [1.165, 1.54) is 27.8 Å². The first-order valence-electron chi connectivity index (χ1n) is 9.06. The van der Waals surface area contributed by atoms with Gasteiger partial charge in [0.15, 0.2) is 0 Å². The van der Waals surface area contributed by atoms with Crippen LogP contribution in [0, 0.1) is 5.92 Å². The maximum absolute atomic E-state index is 4.86. The van der Waals surface area contributed by atoms with Crippen molar-refractivity contribution in [1.82, 2.24) is 0 Å². The van der Waals surface area contributed by atoms with Gasteiger partial charge < -0.3 is 0 Å². The Kier molecular flexibility index (Phi) is 4.23. The molecule has 2 aromatic rings. The van der Waals surface area contributed by atoms with Crippen molar-refractivity contribution in [3.63, 3.8) is 0 Å². The summed E-state index contributed by atoms with van der Waals surface area (Å²) in [4.78, 5) is 4.86. The summed E-state index contributed by atoms with van der Waals surface area (Å²) >= 11 is 0. The van der Waals surface area contributed by atoms with Crippen molar-refractivity contribution in [1.29, 1.82) is 0 Å². The van der Waals surface area contributed by atoms with Crippen LogP contribution in [0.3, 0.4) is 0 Å². The van der Waals surface area contributed by atoms with E-state index in [9.17, 15) is 0 Å². The first-order valence-corrected chi connectivity index (χ1v) is 9.06. The van der Waals surface area contributed by atoms with E-state index in [-0.39, 0.29) is 6.04 Å². The second-order valence-electron chi connectivity index (χ2n) is 6.75. The molecule has 2 unspecified atom stereocenters. The van der Waals surface area contributed by atoms with Crippen LogP contribution in [-0.4, -0.2) is 11.8 Å². The van der Waals surface area contributed by atoms with Gasteiger partial charge in [-0.25, -0.2) is 0 Å². The first-order chi connectivity index (χ1) is 12.3. The van der Waals surface area contributed by atoms with Crippen LogP contribution in [-0.2, 0) is 0 Å². The van der Waals surface area contributed by atoms with Gasteiger partial charge in [0.05, 0.1) is 6.04 Å². The lowest BCUT2D eigenvalue weighted by Crippen LogP contribution is -2.24. The molecule has 2 aliphatic rings. The molecule has 4 rings (SSSR count). The Balaban J connectivity index is 1.85. The lowest BCUT2D eigenvalue weighted by molar-refractivity contribution is 0.686. The number of fused-ring (bicyclic) bond motifs is 1. The molecular formula is C24H23N. The summed E-state index contributed by atoms with van der Waals surface area (Å²) in [5.74, 6) is 0.327. The zero-order chi connectivity index (χ0) is 17.2. The fourth-order valence-corrected chi connectivity index (χ4v) is 3.81. The minimum absolute atomic E-state index is 0.221. The van der Waals surface area contributed by atoms with Crippen molar-refractivity contribution in [2.24, 2.45) is 10.9 Å². The van der Waals surface area contributed by atoms with Crippen LogP contribution in [0.25, 0.3) is 16.7 Å². The number of nitrogens with zero attached hydrogens (tertiary/aromatic N) is 1. The van der Waals surface area contributed by atoms with Gasteiger partial charge in [-0.1, -0.05) is 85.3 Å². The molecule has 1 heterocycles. The zero-order valence-electron chi connectivity index (χ0n) is 14.8. The number of benzene rings is 2. The lowest BCUT2D eigenvalue weighted by atomic mass is 9.78. The maximum Gasteiger partial charge on any atom is 0.0789 e. The third kappa shape index (κ3) is 3.02. The molecule has 1 aliphatic heterocycles. The van der Waals surface area contributed by atoms with Crippen molar-refractivity contribution in [3.8, 4) is 11.1 Å². The second kappa shape index (κ2) is 6.68. The molecule has 2 aromatic carbocycles. The Bertz CT molecular complexity index is 897. The van der Waals surface area contributed by atoms with Crippen LogP contribution < -0.4 is 0 Å². The summed E-state index contributed by atoms with van der Waals surface area (Å²) in [5.41, 5.74) is 7.77. The quantitative estimate of drug-likeness (QED) is 0.646. The van der Waals surface area contributed by atoms with E-state index in [0.717, 1.165) is 12.1 Å². The van der Waals surface area contributed by atoms with E-state index < -0.39 is 0 Å². The standard InChI is InChI=1S/C24H23N/c1-3-18-13-14-24-23(16-18)22(15-17(2)25-24)21-12-8-7-11-20(21)19-9-5-4-6-10-19/h4-16,23-24H,3H2,1-2H3. The average molecular weight is 325 g/mol. The van der Waals surface area contributed by atoms with Crippen LogP contribution in [0.1, 0.15) is 25.8 Å². The molecule has 0 saturated heterocycles. The van der Waals surface area contributed by atoms with Crippen LogP contribution in [0.4, 0.5) is 0 Å². The molecule has 0 N–H and O–H groups in total. The third-order valence-electron chi connectivity index (χ3n) is 5.08. The molecule has 0 saturated carbocycles. The van der Waals surface area contributed by atoms with Gasteiger partial charge in [0, 0.05) is 11.6 Å². The Hall–Kier alpha value is -2.67. The molecule has 2 atom stereocenters. The van der Waals surface area contributed by atoms with Gasteiger partial charge in [-0.2, -0.15) is 0 Å². The van der Waals surface area contributed by atoms with Crippen molar-refractivity contribution < 1.29 is 0 Å². The van der Waals surface area contributed by atoms with Gasteiger partial charge in [0.25, 0.3) is 0 Å². The largest absolute Gasteiger partial charge is 0.282 e. The number of hydrogen-bond donors (Lipinski definition) is 0. The van der Waals surface area contributed by atoms with Gasteiger partial charge in [-0.15, -0.1) is 0 Å². The summed E-state index contributed by atoms with van der Waals surface area (Å²) in [6.07, 6.45) is 10.3. The summed E-state index contributed by atoms with van der Waals surface area (Å²) in [6, 6.07) is 19.6. The van der Waals surface area contributed by atoms with E-state index in [0.29, 0.717) is 5.92 Å². The van der Waals surface area contributed by atoms with Gasteiger partial charge in [-0.3, -0.25) is 4.99 Å². The van der Waals surface area contributed by atoms with Crippen LogP contribution in [0.2, 0.25) is 0 Å². The average Bonchev–Trinajstić information content (AvgIpc) is 2.67. The highest BCUT2D eigenvalue weighted by molar-refractivity contribution is 6.03. The summed E-state index contributed by atoms with van der Waals surface area (Å²) < 4.78 is 0. The smallest absolute Gasteiger partial charge is 0.0789 e. The monoisotopic (exact) mass is 325 g/mol. The van der Waals surface area contributed by atoms with Gasteiger partial charge in [0.1, 0.15) is 0 Å². The minimum atomic E-state index is 0.221. The molecule has 1 aliphatic carbocycles. The molecule has 0 radical (unpaired) electrons. The third-order valence-corrected chi connectivity index (χ3v) is 5.08. The number of aliphatic imine (C=N–C) groups is 1. The number of dihydropyridines is 1. The van der Waals surface area contributed by atoms with E-state index in [1.807, 2.05) is 0 Å². The molecule has 124 valence electrons. The van der Waals surface area contributed by atoms with E-state index in [4.69, 9.17) is 4.99 Å². The van der Waals surface area contributed by atoms with Crippen molar-refractivity contribution in [3.05, 3.63) is 90.0 Å². The zero-order valence-corrected chi connectivity index (χ0v) is 14.8. The van der Waals surface area contributed by atoms with Crippen molar-refractivity contribution in [2.75, 3.05) is 0 Å². The van der Waals surface area contributed by atoms with Crippen LogP contribution >= 0.6 is 0 Å². The van der Waals surface area contributed by atoms with E-state index >= 15 is 0 Å². The second-order valence-corrected chi connectivity index (χ2v) is 6.75. The molecule has 1 nitrogen and oxygen atoms in total. The number of allylic oxidation sites excluding steroid dienone is 3. The normalized spacial score (nSPS) is 21.9. The first kappa shape index (κ1) is 15.8. The molecule has 0 amide bonds. The topological polar surface area (TPSA) is 12.4 Å². The molecule has 0 aromatic heterocycles. The summed E-state index contributed by atoms with van der Waals surface area (Å²) in [7, 11) is 0. The van der Waals surface area contributed by atoms with Crippen molar-refractivity contribution in [2.45, 2.75) is 26.3 Å². The highest BCUT2D eigenvalue weighted by Gasteiger charge is 2.28. The van der Waals surface area contributed by atoms with E-state index in [2.05, 4.69) is 92.7 Å². The fourth-order valence-electron chi connectivity index (χ4n) is 3.81. The molecule has 0 bridgehead atoms. The Morgan fingerprint density at radius 1 is 0.920 bits per heavy atom. The fraction of sp³-hybridized carbons (Fsp3) is 0.208. The van der Waals surface area contributed by atoms with Crippen LogP contribution in [0.5, 0.6) is 0 Å². The van der Waals surface area contributed by atoms with E-state index in [1.54, 1.807) is 0 Å². The summed E-state index contributed by atoms with van der Waals surface area (Å²) in [5, 5.41) is 0. The molecule has 25 heavy (non-hydrogen) atoms. The Labute approximate surface area is 150 Å². The molecule has 1 heteroatoms. The highest BCUT2D eigenvalue weighted by Crippen LogP contribution is 2.40. The van der Waals surface area contributed by atoms with Gasteiger partial charge >= 0.3 is 0 Å². The summed E-state index contributed by atoms with van der Waals surface area (Å²) in [6.45, 7) is 4.32. The van der Waals surface area contributed by atoms with Crippen LogP contribution in [0.15, 0.2) is 89.5 Å². The van der Waals surface area contributed by atoms with Crippen molar-refractivity contribution >= 4 is 11.3 Å². The van der Waals surface area contributed by atoms with Gasteiger partial charge in [0.2, 0.25) is 0 Å². The number of rotatable bonds is 3. The highest BCUT2D eigenvalue weighted by atomic mass is 14.8. The van der Waals surface area contributed by atoms with Gasteiger partial charge in [-0.05, 0) is 41.7 Å². The lowest BCUT2D eigenvalue weighted by Gasteiger charge is -2.30. The molecule has 0 fully saturated rings. The minimum Gasteiger partial charge on any atom is -0.282 e. The number of hydrogen-bond acceptors (Lipinski definition) is 1. The Morgan fingerprint density at radius 2 is 1.64 bits per heavy atom. The molecule has 0 spiro atoms. The predicted molar refractivity (Wildman–Crippen MR) is 108 cm³/mol. The maximum atomic E-state index is 4.86. The SMILES string of the molecule is CCC1=CC2C(c3ccccc3-c3ccccc3)=CC(C)=NC2C=C1.